The van der Waals surface area contributed by atoms with Gasteiger partial charge in [-0.3, -0.25) is 0 Å². The lowest BCUT2D eigenvalue weighted by atomic mass is 9.87. The van der Waals surface area contributed by atoms with E-state index in [1.54, 1.807) is 0 Å². The molecule has 0 spiro atoms. The molecule has 1 aliphatic rings. The smallest absolute Gasteiger partial charge is 0.0128 e. The second-order valence-electron chi connectivity index (χ2n) is 3.43. The van der Waals surface area contributed by atoms with Crippen molar-refractivity contribution in [3.63, 3.8) is 0 Å². The Morgan fingerprint density at radius 3 is 2.30 bits per heavy atom. The van der Waals surface area contributed by atoms with E-state index in [0.29, 0.717) is 5.41 Å². The Hall–Kier alpha value is 0.0800. The summed E-state index contributed by atoms with van der Waals surface area (Å²) in [5.41, 5.74) is 1.85. The monoisotopic (exact) mass is 248 g/mol. The summed E-state index contributed by atoms with van der Waals surface area (Å²) < 4.78 is 4.69. The summed E-state index contributed by atoms with van der Waals surface area (Å²) in [6.07, 6.45) is 4.41. The molecule has 0 aromatic rings. The summed E-state index contributed by atoms with van der Waals surface area (Å²) in [6, 6.07) is 0. The van der Waals surface area contributed by atoms with Gasteiger partial charge in [0.1, 0.15) is 0 Å². The molecule has 0 saturated heterocycles. The van der Waals surface area contributed by atoms with Crippen molar-refractivity contribution in [1.82, 2.24) is 0 Å². The van der Waals surface area contributed by atoms with Crippen molar-refractivity contribution in [3.05, 3.63) is 21.8 Å². The average Bonchev–Trinajstić information content (AvgIpc) is 1.88. The van der Waals surface area contributed by atoms with E-state index in [1.807, 2.05) is 0 Å². The minimum atomic E-state index is 0.235. The van der Waals surface area contributed by atoms with E-state index in [2.05, 4.69) is 41.0 Å². The lowest BCUT2D eigenvalue weighted by Crippen LogP contribution is -2.07. The number of hydrogen-bond donors (Lipinski definition) is 0. The Balaban J connectivity index is 2.85. The molecule has 0 fully saturated rings. The van der Waals surface area contributed by atoms with Crippen molar-refractivity contribution in [2.45, 2.75) is 20.8 Å². The Kier molecular flexibility index (Phi) is 2.45. The third-order valence-electron chi connectivity index (χ3n) is 1.47. The van der Waals surface area contributed by atoms with E-state index in [0.717, 1.165) is 0 Å². The molecule has 56 valence electrons. The maximum Gasteiger partial charge on any atom is -0.0128 e. The molecule has 0 radical (unpaired) electrons. The van der Waals surface area contributed by atoms with Crippen LogP contribution in [0.1, 0.15) is 20.8 Å². The van der Waals surface area contributed by atoms with Crippen molar-refractivity contribution < 1.29 is 0 Å². The molecular formula is C9H13I. The summed E-state index contributed by atoms with van der Waals surface area (Å²) in [5, 5.41) is 0. The van der Waals surface area contributed by atoms with E-state index in [-0.39, 0.29) is 20.7 Å². The van der Waals surface area contributed by atoms with Crippen molar-refractivity contribution in [1.29, 1.82) is 0 Å². The van der Waals surface area contributed by atoms with Gasteiger partial charge in [-0.25, -0.2) is 0 Å². The Morgan fingerprint density at radius 2 is 2.00 bits per heavy atom. The second-order valence-corrected chi connectivity index (χ2v) is 5.49. The molecule has 0 nitrogen and oxygen atoms in total. The van der Waals surface area contributed by atoms with Gasteiger partial charge >= 0.3 is 0 Å². The van der Waals surface area contributed by atoms with Gasteiger partial charge in [-0.2, -0.15) is 0 Å². The molecule has 1 heterocycles. The predicted molar refractivity (Wildman–Crippen MR) is 56.8 cm³/mol. The zero-order chi connectivity index (χ0) is 7.61. The standard InChI is InChI=1S/C9H13I/c1-9(2,3)8-5-4-6-10-7-8/h4-7H,1-3H3. The highest BCUT2D eigenvalue weighted by Crippen LogP contribution is 2.29. The van der Waals surface area contributed by atoms with Crippen LogP contribution >= 0.6 is 20.7 Å². The summed E-state index contributed by atoms with van der Waals surface area (Å²) in [5.74, 6) is 0. The van der Waals surface area contributed by atoms with Gasteiger partial charge in [-0.1, -0.05) is 53.7 Å². The average molecular weight is 248 g/mol. The first-order valence-electron chi connectivity index (χ1n) is 3.43. The summed E-state index contributed by atoms with van der Waals surface area (Å²) >= 11 is 0.235. The van der Waals surface area contributed by atoms with E-state index >= 15 is 0 Å². The van der Waals surface area contributed by atoms with Crippen molar-refractivity contribution in [2.75, 3.05) is 0 Å². The fraction of sp³-hybridized carbons (Fsp3) is 0.444. The second kappa shape index (κ2) is 2.99. The van der Waals surface area contributed by atoms with Gasteiger partial charge in [0.25, 0.3) is 0 Å². The number of halogens is 1. The van der Waals surface area contributed by atoms with Crippen molar-refractivity contribution in [2.24, 2.45) is 5.41 Å². The molecule has 1 rings (SSSR count). The van der Waals surface area contributed by atoms with Gasteiger partial charge < -0.3 is 0 Å². The molecule has 1 aliphatic heterocycles. The quantitative estimate of drug-likeness (QED) is 0.577. The summed E-state index contributed by atoms with van der Waals surface area (Å²) in [4.78, 5) is 0. The maximum atomic E-state index is 2.40. The van der Waals surface area contributed by atoms with E-state index in [1.165, 1.54) is 5.57 Å². The lowest BCUT2D eigenvalue weighted by molar-refractivity contribution is 0.519. The molecule has 0 aromatic heterocycles. The normalized spacial score (nSPS) is 18.1. The first-order chi connectivity index (χ1) is 4.61. The molecule has 0 aliphatic carbocycles. The van der Waals surface area contributed by atoms with Gasteiger partial charge in [0.2, 0.25) is 0 Å². The fourth-order valence-electron chi connectivity index (χ4n) is 0.736. The van der Waals surface area contributed by atoms with Crippen molar-refractivity contribution in [3.8, 4) is 0 Å². The highest BCUT2D eigenvalue weighted by atomic mass is 127. The molecule has 0 amide bonds. The molecule has 0 unspecified atom stereocenters. The van der Waals surface area contributed by atoms with Gasteiger partial charge in [0.05, 0.1) is 0 Å². The van der Waals surface area contributed by atoms with Gasteiger partial charge in [0, 0.05) is 0 Å². The first kappa shape index (κ1) is 8.18. The third-order valence-corrected chi connectivity index (χ3v) is 3.33. The van der Waals surface area contributed by atoms with Crippen LogP contribution in [0.15, 0.2) is 21.8 Å². The van der Waals surface area contributed by atoms with Gasteiger partial charge in [0.15, 0.2) is 0 Å². The lowest BCUT2D eigenvalue weighted by Gasteiger charge is -2.20. The largest absolute Gasteiger partial charge is 0.0934 e. The minimum absolute atomic E-state index is 0.235. The summed E-state index contributed by atoms with van der Waals surface area (Å²) in [6.45, 7) is 6.79. The van der Waals surface area contributed by atoms with Crippen molar-refractivity contribution >= 4 is 24.7 Å². The Labute approximate surface area is 72.8 Å². The molecule has 0 bridgehead atoms. The Bertz CT molecular complexity index is 201. The Morgan fingerprint density at radius 1 is 1.30 bits per heavy atom. The molecule has 1 heteroatoms. The topological polar surface area (TPSA) is 0 Å². The summed E-state index contributed by atoms with van der Waals surface area (Å²) in [7, 11) is 0. The van der Waals surface area contributed by atoms with Crippen LogP contribution in [-0.2, 0) is 0 Å². The SMILES string of the molecule is CC(C)(C)C1=CI=CC=C1. The van der Waals surface area contributed by atoms with Crippen LogP contribution in [0.5, 0.6) is 0 Å². The highest BCUT2D eigenvalue weighted by molar-refractivity contribution is 14.2. The fourth-order valence-corrected chi connectivity index (χ4v) is 2.92. The zero-order valence-electron chi connectivity index (χ0n) is 6.69. The van der Waals surface area contributed by atoms with Crippen LogP contribution in [0.4, 0.5) is 0 Å². The van der Waals surface area contributed by atoms with Crippen LogP contribution in [0, 0.1) is 5.41 Å². The number of allylic oxidation sites excluding steroid dienone is 3. The number of hydrogen-bond acceptors (Lipinski definition) is 0. The van der Waals surface area contributed by atoms with Crippen LogP contribution in [0.25, 0.3) is 0 Å². The van der Waals surface area contributed by atoms with Crippen LogP contribution in [-0.4, -0.2) is 4.01 Å². The zero-order valence-corrected chi connectivity index (χ0v) is 8.84. The molecular weight excluding hydrogens is 235 g/mol. The van der Waals surface area contributed by atoms with Crippen LogP contribution < -0.4 is 0 Å². The third kappa shape index (κ3) is 2.04. The minimum Gasteiger partial charge on any atom is -0.0934 e. The van der Waals surface area contributed by atoms with Crippen LogP contribution in [0.2, 0.25) is 0 Å². The predicted octanol–water partition coefficient (Wildman–Crippen LogP) is 3.26. The van der Waals surface area contributed by atoms with Gasteiger partial charge in [-0.05, 0) is 19.1 Å². The highest BCUT2D eigenvalue weighted by Gasteiger charge is 2.13. The molecule has 0 N–H and O–H groups in total. The molecule has 0 atom stereocenters. The van der Waals surface area contributed by atoms with E-state index < -0.39 is 0 Å². The van der Waals surface area contributed by atoms with E-state index in [9.17, 15) is 0 Å². The van der Waals surface area contributed by atoms with E-state index in [4.69, 9.17) is 0 Å². The van der Waals surface area contributed by atoms with Gasteiger partial charge in [-0.15, -0.1) is 0 Å². The first-order valence-corrected chi connectivity index (χ1v) is 5.92. The molecule has 10 heavy (non-hydrogen) atoms. The molecule has 0 aromatic carbocycles. The number of rotatable bonds is 0. The maximum absolute atomic E-state index is 2.40. The molecule has 0 saturated carbocycles. The van der Waals surface area contributed by atoms with Crippen LogP contribution in [0.3, 0.4) is 0 Å².